The largest absolute Gasteiger partial charge is 0.491 e. The van der Waals surface area contributed by atoms with E-state index < -0.39 is 0 Å². The van der Waals surface area contributed by atoms with Crippen molar-refractivity contribution < 1.29 is 9.47 Å². The maximum Gasteiger partial charge on any atom is 0.127 e. The molecule has 4 heteroatoms. The van der Waals surface area contributed by atoms with Crippen LogP contribution in [0, 0.1) is 6.92 Å². The molecule has 0 saturated heterocycles. The molecule has 0 bridgehead atoms. The number of ether oxygens (including phenoxy) is 2. The van der Waals surface area contributed by atoms with Gasteiger partial charge in [0.25, 0.3) is 0 Å². The number of aryl methyl sites for hydroxylation is 1. The van der Waals surface area contributed by atoms with Crippen molar-refractivity contribution in [3.8, 4) is 5.75 Å². The Bertz CT molecular complexity index is 437. The molecule has 0 unspecified atom stereocenters. The van der Waals surface area contributed by atoms with Gasteiger partial charge in [-0.05, 0) is 40.5 Å². The monoisotopic (exact) mass is 278 g/mol. The van der Waals surface area contributed by atoms with E-state index in [9.17, 15) is 0 Å². The molecule has 1 aromatic rings. The minimum Gasteiger partial charge on any atom is -0.491 e. The van der Waals surface area contributed by atoms with Gasteiger partial charge in [0.15, 0.2) is 0 Å². The van der Waals surface area contributed by atoms with Crippen LogP contribution in [-0.4, -0.2) is 29.8 Å². The van der Waals surface area contributed by atoms with E-state index in [0.717, 1.165) is 23.6 Å². The number of nitrogens with one attached hydrogen (secondary N) is 1. The summed E-state index contributed by atoms with van der Waals surface area (Å²) < 4.78 is 11.5. The molecule has 0 amide bonds. The summed E-state index contributed by atoms with van der Waals surface area (Å²) in [6, 6.07) is 2.69. The standard InChI is InChI=1S/C16H26N2O2/c1-12-9-15(19-7-8-20-16(2,3)4)13(10-17-12)11-18-14-5-6-14/h9-10,14,18H,5-8,11H2,1-4H3. The number of rotatable bonds is 7. The van der Waals surface area contributed by atoms with E-state index in [2.05, 4.69) is 31.1 Å². The Labute approximate surface area is 121 Å². The fourth-order valence-electron chi connectivity index (χ4n) is 1.87. The number of nitrogens with zero attached hydrogens (tertiary/aromatic N) is 1. The van der Waals surface area contributed by atoms with Crippen LogP contribution in [-0.2, 0) is 11.3 Å². The third-order valence-electron chi connectivity index (χ3n) is 3.12. The topological polar surface area (TPSA) is 43.4 Å². The second kappa shape index (κ2) is 6.55. The van der Waals surface area contributed by atoms with E-state index in [4.69, 9.17) is 9.47 Å². The van der Waals surface area contributed by atoms with Gasteiger partial charge in [-0.1, -0.05) is 0 Å². The Balaban J connectivity index is 1.85. The van der Waals surface area contributed by atoms with Gasteiger partial charge in [-0.3, -0.25) is 4.98 Å². The van der Waals surface area contributed by atoms with E-state index in [1.165, 1.54) is 12.8 Å². The van der Waals surface area contributed by atoms with Gasteiger partial charge in [-0.25, -0.2) is 0 Å². The molecule has 0 aliphatic heterocycles. The van der Waals surface area contributed by atoms with Crippen molar-refractivity contribution in [2.75, 3.05) is 13.2 Å². The fourth-order valence-corrected chi connectivity index (χ4v) is 1.87. The molecule has 1 N–H and O–H groups in total. The summed E-state index contributed by atoms with van der Waals surface area (Å²) in [6.07, 6.45) is 4.48. The highest BCUT2D eigenvalue weighted by Crippen LogP contribution is 2.23. The molecular weight excluding hydrogens is 252 g/mol. The van der Waals surface area contributed by atoms with E-state index in [0.29, 0.717) is 19.3 Å². The van der Waals surface area contributed by atoms with Crippen LogP contribution < -0.4 is 10.1 Å². The van der Waals surface area contributed by atoms with Gasteiger partial charge in [0.2, 0.25) is 0 Å². The third-order valence-corrected chi connectivity index (χ3v) is 3.12. The van der Waals surface area contributed by atoms with Crippen LogP contribution in [0.5, 0.6) is 5.75 Å². The molecule has 1 aliphatic carbocycles. The molecule has 20 heavy (non-hydrogen) atoms. The van der Waals surface area contributed by atoms with Gasteiger partial charge in [-0.15, -0.1) is 0 Å². The number of pyridine rings is 1. The first-order valence-corrected chi connectivity index (χ1v) is 7.40. The lowest BCUT2D eigenvalue weighted by Crippen LogP contribution is -2.23. The second-order valence-electron chi connectivity index (χ2n) is 6.40. The van der Waals surface area contributed by atoms with Crippen molar-refractivity contribution in [3.05, 3.63) is 23.5 Å². The minimum atomic E-state index is -0.117. The lowest BCUT2D eigenvalue weighted by atomic mass is 10.2. The van der Waals surface area contributed by atoms with Crippen LogP contribution in [0.15, 0.2) is 12.3 Å². The Hall–Kier alpha value is -1.13. The number of hydrogen-bond donors (Lipinski definition) is 1. The van der Waals surface area contributed by atoms with Gasteiger partial charge in [0, 0.05) is 36.1 Å². The predicted molar refractivity (Wildman–Crippen MR) is 80.0 cm³/mol. The van der Waals surface area contributed by atoms with E-state index >= 15 is 0 Å². The van der Waals surface area contributed by atoms with E-state index in [1.54, 1.807) is 0 Å². The van der Waals surface area contributed by atoms with Gasteiger partial charge in [0.1, 0.15) is 12.4 Å². The molecule has 0 radical (unpaired) electrons. The van der Waals surface area contributed by atoms with Gasteiger partial charge in [-0.2, -0.15) is 0 Å². The zero-order valence-corrected chi connectivity index (χ0v) is 13.0. The van der Waals surface area contributed by atoms with Crippen molar-refractivity contribution >= 4 is 0 Å². The summed E-state index contributed by atoms with van der Waals surface area (Å²) in [5, 5.41) is 3.50. The highest BCUT2D eigenvalue weighted by atomic mass is 16.5. The zero-order chi connectivity index (χ0) is 14.6. The number of aromatic nitrogens is 1. The first-order valence-electron chi connectivity index (χ1n) is 7.40. The summed E-state index contributed by atoms with van der Waals surface area (Å²) in [7, 11) is 0. The summed E-state index contributed by atoms with van der Waals surface area (Å²) in [4.78, 5) is 4.35. The Kier molecular flexibility index (Phi) is 5.00. The smallest absolute Gasteiger partial charge is 0.127 e. The minimum absolute atomic E-state index is 0.117. The molecule has 112 valence electrons. The van der Waals surface area contributed by atoms with Crippen molar-refractivity contribution in [2.45, 2.75) is 58.7 Å². The molecule has 4 nitrogen and oxygen atoms in total. The van der Waals surface area contributed by atoms with Crippen LogP contribution in [0.1, 0.15) is 44.9 Å². The molecule has 0 spiro atoms. The van der Waals surface area contributed by atoms with Crippen molar-refractivity contribution in [1.29, 1.82) is 0 Å². The van der Waals surface area contributed by atoms with Gasteiger partial charge < -0.3 is 14.8 Å². The van der Waals surface area contributed by atoms with E-state index in [-0.39, 0.29) is 5.60 Å². The predicted octanol–water partition coefficient (Wildman–Crippen LogP) is 2.84. The summed E-state index contributed by atoms with van der Waals surface area (Å²) in [5.41, 5.74) is 1.98. The molecule has 0 atom stereocenters. The lowest BCUT2D eigenvalue weighted by molar-refractivity contribution is -0.0164. The summed E-state index contributed by atoms with van der Waals surface area (Å²) in [6.45, 7) is 10.1. The molecule has 1 aromatic heterocycles. The second-order valence-corrected chi connectivity index (χ2v) is 6.40. The highest BCUT2D eigenvalue weighted by molar-refractivity contribution is 5.32. The Morgan fingerprint density at radius 2 is 2.05 bits per heavy atom. The van der Waals surface area contributed by atoms with Crippen molar-refractivity contribution in [1.82, 2.24) is 10.3 Å². The lowest BCUT2D eigenvalue weighted by Gasteiger charge is -2.20. The van der Waals surface area contributed by atoms with Gasteiger partial charge >= 0.3 is 0 Å². The Morgan fingerprint density at radius 1 is 1.30 bits per heavy atom. The molecule has 2 rings (SSSR count). The molecule has 1 aliphatic rings. The Morgan fingerprint density at radius 3 is 2.70 bits per heavy atom. The van der Waals surface area contributed by atoms with Crippen LogP contribution in [0.2, 0.25) is 0 Å². The molecule has 1 saturated carbocycles. The summed E-state index contributed by atoms with van der Waals surface area (Å²) >= 11 is 0. The maximum atomic E-state index is 5.86. The van der Waals surface area contributed by atoms with Crippen molar-refractivity contribution in [2.24, 2.45) is 0 Å². The fraction of sp³-hybridized carbons (Fsp3) is 0.688. The van der Waals surface area contributed by atoms with E-state index in [1.807, 2.05) is 19.2 Å². The first-order chi connectivity index (χ1) is 9.44. The normalized spacial score (nSPS) is 15.4. The SMILES string of the molecule is Cc1cc(OCCOC(C)(C)C)c(CNC2CC2)cn1. The number of hydrogen-bond acceptors (Lipinski definition) is 4. The van der Waals surface area contributed by atoms with Crippen LogP contribution in [0.25, 0.3) is 0 Å². The van der Waals surface area contributed by atoms with Crippen LogP contribution in [0.4, 0.5) is 0 Å². The quantitative estimate of drug-likeness (QED) is 0.779. The maximum absolute atomic E-state index is 5.86. The van der Waals surface area contributed by atoms with Crippen LogP contribution >= 0.6 is 0 Å². The average molecular weight is 278 g/mol. The first kappa shape index (κ1) is 15.3. The average Bonchev–Trinajstić information content (AvgIpc) is 3.16. The third kappa shape index (κ3) is 5.47. The molecule has 0 aromatic carbocycles. The van der Waals surface area contributed by atoms with Crippen LogP contribution in [0.3, 0.4) is 0 Å². The molecule has 1 heterocycles. The van der Waals surface area contributed by atoms with Crippen molar-refractivity contribution in [3.63, 3.8) is 0 Å². The molecular formula is C16H26N2O2. The summed E-state index contributed by atoms with van der Waals surface area (Å²) in [5.74, 6) is 0.920. The van der Waals surface area contributed by atoms with Gasteiger partial charge in [0.05, 0.1) is 12.2 Å². The highest BCUT2D eigenvalue weighted by Gasteiger charge is 2.20. The molecule has 1 fully saturated rings. The zero-order valence-electron chi connectivity index (χ0n) is 13.0.